The Kier molecular flexibility index (Phi) is 6.00. The first kappa shape index (κ1) is 18.5. The zero-order valence-corrected chi connectivity index (χ0v) is 15.1. The van der Waals surface area contributed by atoms with Crippen LogP contribution in [0.2, 0.25) is 0 Å². The fourth-order valence-electron chi connectivity index (χ4n) is 3.39. The van der Waals surface area contributed by atoms with Gasteiger partial charge in [0.2, 0.25) is 13.1 Å². The Balaban J connectivity index is 1.98. The average Bonchev–Trinajstić information content (AvgIpc) is 3.13. The molecule has 0 aliphatic carbocycles. The summed E-state index contributed by atoms with van der Waals surface area (Å²) < 4.78 is 22.5. The zero-order valence-electron chi connectivity index (χ0n) is 15.1. The molecule has 0 bridgehead atoms. The number of benzene rings is 1. The maximum absolute atomic E-state index is 12.2. The molecule has 0 spiro atoms. The van der Waals surface area contributed by atoms with Crippen molar-refractivity contribution in [1.82, 2.24) is 5.32 Å². The molecule has 0 aromatic heterocycles. The first-order valence-electron chi connectivity index (χ1n) is 8.90. The van der Waals surface area contributed by atoms with Gasteiger partial charge in [-0.2, -0.15) is 0 Å². The summed E-state index contributed by atoms with van der Waals surface area (Å²) in [4.78, 5) is 12.2. The van der Waals surface area contributed by atoms with E-state index in [1.54, 1.807) is 7.05 Å². The van der Waals surface area contributed by atoms with Crippen LogP contribution < -0.4 is 14.8 Å². The molecule has 3 atom stereocenters. The van der Waals surface area contributed by atoms with E-state index in [-0.39, 0.29) is 36.9 Å². The highest BCUT2D eigenvalue weighted by Crippen LogP contribution is 2.42. The predicted octanol–water partition coefficient (Wildman–Crippen LogP) is 1.91. The fourth-order valence-corrected chi connectivity index (χ4v) is 3.39. The number of ether oxygens (including phenoxy) is 4. The van der Waals surface area contributed by atoms with Gasteiger partial charge in [0, 0.05) is 32.1 Å². The van der Waals surface area contributed by atoms with Gasteiger partial charge in [-0.1, -0.05) is 6.07 Å². The van der Waals surface area contributed by atoms with Crippen LogP contribution in [0.25, 0.3) is 0 Å². The Morgan fingerprint density at radius 3 is 2.88 bits per heavy atom. The summed E-state index contributed by atoms with van der Waals surface area (Å²) in [5.41, 5.74) is 0.992. The SMILES string of the molecule is CCO[C@@H]1OC(C(=O)NC)=C[C@H](c2ccc3c(c2)OCO3)[C@@H]1CCCO. The number of carbonyl (C=O) groups is 1. The van der Waals surface area contributed by atoms with Gasteiger partial charge in [0.05, 0.1) is 0 Å². The summed E-state index contributed by atoms with van der Waals surface area (Å²) >= 11 is 0. The monoisotopic (exact) mass is 363 g/mol. The van der Waals surface area contributed by atoms with Gasteiger partial charge in [0.15, 0.2) is 17.3 Å². The van der Waals surface area contributed by atoms with Crippen LogP contribution >= 0.6 is 0 Å². The third-order valence-corrected chi connectivity index (χ3v) is 4.64. The smallest absolute Gasteiger partial charge is 0.285 e. The molecule has 1 aromatic rings. The lowest BCUT2D eigenvalue weighted by atomic mass is 9.80. The number of carbonyl (C=O) groups excluding carboxylic acids is 1. The molecule has 7 heteroatoms. The number of rotatable bonds is 7. The number of allylic oxidation sites excluding steroid dienone is 1. The van der Waals surface area contributed by atoms with E-state index in [0.717, 1.165) is 5.56 Å². The van der Waals surface area contributed by atoms with Gasteiger partial charge in [-0.05, 0) is 43.5 Å². The van der Waals surface area contributed by atoms with Crippen molar-refractivity contribution in [1.29, 1.82) is 0 Å². The number of aliphatic hydroxyl groups excluding tert-OH is 1. The van der Waals surface area contributed by atoms with Gasteiger partial charge in [-0.3, -0.25) is 4.79 Å². The summed E-state index contributed by atoms with van der Waals surface area (Å²) in [6.07, 6.45) is 2.60. The largest absolute Gasteiger partial charge is 0.459 e. The molecule has 1 aromatic carbocycles. The predicted molar refractivity (Wildman–Crippen MR) is 93.8 cm³/mol. The fraction of sp³-hybridized carbons (Fsp3) is 0.526. The van der Waals surface area contributed by atoms with Gasteiger partial charge >= 0.3 is 0 Å². The Morgan fingerprint density at radius 2 is 2.15 bits per heavy atom. The first-order chi connectivity index (χ1) is 12.7. The molecule has 2 N–H and O–H groups in total. The van der Waals surface area contributed by atoms with Crippen LogP contribution in [0.3, 0.4) is 0 Å². The average molecular weight is 363 g/mol. The maximum Gasteiger partial charge on any atom is 0.285 e. The molecule has 0 unspecified atom stereocenters. The molecule has 0 radical (unpaired) electrons. The van der Waals surface area contributed by atoms with Crippen LogP contribution in [0.15, 0.2) is 30.0 Å². The number of nitrogens with one attached hydrogen (secondary N) is 1. The van der Waals surface area contributed by atoms with Gasteiger partial charge in [-0.15, -0.1) is 0 Å². The van der Waals surface area contributed by atoms with E-state index in [1.807, 2.05) is 31.2 Å². The number of fused-ring (bicyclic) bond motifs is 1. The van der Waals surface area contributed by atoms with Gasteiger partial charge in [-0.25, -0.2) is 0 Å². The standard InChI is InChI=1S/C19H25NO6/c1-3-23-19-13(5-4-8-21)14(10-17(26-19)18(22)20-2)12-6-7-15-16(9-12)25-11-24-15/h6-7,9-10,13-14,19,21H,3-5,8,11H2,1-2H3,(H,20,22)/t13-,14+,19+/m0/s1. The Bertz CT molecular complexity index is 674. The second kappa shape index (κ2) is 8.42. The number of amides is 1. The maximum atomic E-state index is 12.2. The number of hydrogen-bond donors (Lipinski definition) is 2. The molecule has 7 nitrogen and oxygen atoms in total. The molecule has 0 saturated heterocycles. The highest BCUT2D eigenvalue weighted by Gasteiger charge is 2.38. The van der Waals surface area contributed by atoms with Gasteiger partial charge in [0.1, 0.15) is 0 Å². The van der Waals surface area contributed by atoms with Crippen LogP contribution in [0, 0.1) is 5.92 Å². The topological polar surface area (TPSA) is 86.3 Å². The third-order valence-electron chi connectivity index (χ3n) is 4.64. The van der Waals surface area contributed by atoms with E-state index in [0.29, 0.717) is 30.9 Å². The lowest BCUT2D eigenvalue weighted by Gasteiger charge is -2.37. The summed E-state index contributed by atoms with van der Waals surface area (Å²) in [5, 5.41) is 11.9. The number of hydrogen-bond acceptors (Lipinski definition) is 6. The highest BCUT2D eigenvalue weighted by atomic mass is 16.7. The lowest BCUT2D eigenvalue weighted by Crippen LogP contribution is -2.38. The van der Waals surface area contributed by atoms with E-state index in [2.05, 4.69) is 5.32 Å². The molecule has 2 aliphatic rings. The normalized spacial score (nSPS) is 24.0. The second-order valence-corrected chi connectivity index (χ2v) is 6.22. The highest BCUT2D eigenvalue weighted by molar-refractivity contribution is 5.91. The Morgan fingerprint density at radius 1 is 1.35 bits per heavy atom. The molecule has 26 heavy (non-hydrogen) atoms. The minimum atomic E-state index is -0.556. The summed E-state index contributed by atoms with van der Waals surface area (Å²) in [5.74, 6) is 1.22. The third kappa shape index (κ3) is 3.78. The van der Waals surface area contributed by atoms with E-state index < -0.39 is 6.29 Å². The van der Waals surface area contributed by atoms with Crippen molar-refractivity contribution in [3.8, 4) is 11.5 Å². The summed E-state index contributed by atoms with van der Waals surface area (Å²) in [7, 11) is 1.57. The molecule has 142 valence electrons. The van der Waals surface area contributed by atoms with Gasteiger partial charge < -0.3 is 29.4 Å². The first-order valence-corrected chi connectivity index (χ1v) is 8.90. The zero-order chi connectivity index (χ0) is 18.5. The Hall–Kier alpha value is -2.25. The van der Waals surface area contributed by atoms with Crippen molar-refractivity contribution >= 4 is 5.91 Å². The minimum Gasteiger partial charge on any atom is -0.459 e. The molecule has 1 amide bonds. The molecular formula is C19H25NO6. The molecular weight excluding hydrogens is 338 g/mol. The van der Waals surface area contributed by atoms with E-state index in [4.69, 9.17) is 18.9 Å². The summed E-state index contributed by atoms with van der Waals surface area (Å²) in [6, 6.07) is 5.78. The van der Waals surface area contributed by atoms with E-state index in [1.165, 1.54) is 0 Å². The lowest BCUT2D eigenvalue weighted by molar-refractivity contribution is -0.166. The number of aliphatic hydroxyl groups is 1. The van der Waals surface area contributed by atoms with E-state index >= 15 is 0 Å². The second-order valence-electron chi connectivity index (χ2n) is 6.22. The van der Waals surface area contributed by atoms with Crippen LogP contribution in [-0.4, -0.2) is 44.4 Å². The molecule has 0 saturated carbocycles. The molecule has 2 heterocycles. The van der Waals surface area contributed by atoms with Crippen LogP contribution in [0.5, 0.6) is 11.5 Å². The van der Waals surface area contributed by atoms with Crippen molar-refractivity contribution < 1.29 is 28.8 Å². The van der Waals surface area contributed by atoms with Crippen molar-refractivity contribution in [3.63, 3.8) is 0 Å². The van der Waals surface area contributed by atoms with Crippen molar-refractivity contribution in [2.75, 3.05) is 27.1 Å². The van der Waals surface area contributed by atoms with Crippen molar-refractivity contribution in [2.45, 2.75) is 32.0 Å². The minimum absolute atomic E-state index is 0.0316. The van der Waals surface area contributed by atoms with Gasteiger partial charge in [0.25, 0.3) is 5.91 Å². The number of likely N-dealkylation sites (N-methyl/N-ethyl adjacent to an activating group) is 1. The van der Waals surface area contributed by atoms with E-state index in [9.17, 15) is 9.90 Å². The van der Waals surface area contributed by atoms with Crippen LogP contribution in [-0.2, 0) is 14.3 Å². The molecule has 2 aliphatic heterocycles. The van der Waals surface area contributed by atoms with Crippen LogP contribution in [0.4, 0.5) is 0 Å². The summed E-state index contributed by atoms with van der Waals surface area (Å²) in [6.45, 7) is 2.66. The van der Waals surface area contributed by atoms with Crippen molar-refractivity contribution in [3.05, 3.63) is 35.6 Å². The molecule has 0 fully saturated rings. The Labute approximate surface area is 152 Å². The quantitative estimate of drug-likeness (QED) is 0.770. The van der Waals surface area contributed by atoms with Crippen molar-refractivity contribution in [2.24, 2.45) is 5.92 Å². The molecule has 3 rings (SSSR count). The van der Waals surface area contributed by atoms with Crippen LogP contribution in [0.1, 0.15) is 31.2 Å².